The Hall–Kier alpha value is -1.22. The van der Waals surface area contributed by atoms with E-state index in [-0.39, 0.29) is 0 Å². The first-order chi connectivity index (χ1) is 5.77. The van der Waals surface area contributed by atoms with Crippen molar-refractivity contribution >= 4 is 23.7 Å². The second-order valence-electron chi connectivity index (χ2n) is 2.11. The molecule has 0 fully saturated rings. The fraction of sp³-hybridized carbons (Fsp3) is 0.125. The normalized spacial score (nSPS) is 9.17. The van der Waals surface area contributed by atoms with Gasteiger partial charge >= 0.3 is 0 Å². The number of nitrogens with one attached hydrogen (secondary N) is 1. The van der Waals surface area contributed by atoms with Gasteiger partial charge in [-0.05, 0) is 18.2 Å². The molecule has 4 heteroatoms. The highest BCUT2D eigenvalue weighted by Gasteiger charge is 1.99. The summed E-state index contributed by atoms with van der Waals surface area (Å²) in [6.07, 6.45) is 0.595. The van der Waals surface area contributed by atoms with E-state index >= 15 is 0 Å². The van der Waals surface area contributed by atoms with Gasteiger partial charge < -0.3 is 10.1 Å². The standard InChI is InChI=1S/C8H8ClNO2/c1-12-8-3-2-6(10-5-11)4-7(8)9/h2-5H,1H3,(H,10,11). The Morgan fingerprint density at radius 3 is 2.83 bits per heavy atom. The van der Waals surface area contributed by atoms with Crippen LogP contribution in [0.15, 0.2) is 18.2 Å². The highest BCUT2D eigenvalue weighted by atomic mass is 35.5. The van der Waals surface area contributed by atoms with E-state index < -0.39 is 0 Å². The van der Waals surface area contributed by atoms with Gasteiger partial charge in [0.25, 0.3) is 0 Å². The van der Waals surface area contributed by atoms with E-state index in [4.69, 9.17) is 16.3 Å². The molecular formula is C8H8ClNO2. The first-order valence-electron chi connectivity index (χ1n) is 3.31. The average Bonchev–Trinajstić information content (AvgIpc) is 2.05. The maximum atomic E-state index is 10.1. The van der Waals surface area contributed by atoms with Crippen molar-refractivity contribution in [3.8, 4) is 5.75 Å². The van der Waals surface area contributed by atoms with Crippen LogP contribution in [-0.2, 0) is 4.79 Å². The summed E-state index contributed by atoms with van der Waals surface area (Å²) >= 11 is 5.78. The number of halogens is 1. The molecule has 0 aliphatic heterocycles. The van der Waals surface area contributed by atoms with Crippen LogP contribution in [0, 0.1) is 0 Å². The predicted molar refractivity (Wildman–Crippen MR) is 47.7 cm³/mol. The van der Waals surface area contributed by atoms with E-state index in [0.29, 0.717) is 22.9 Å². The molecule has 1 amide bonds. The molecule has 0 unspecified atom stereocenters. The van der Waals surface area contributed by atoms with E-state index in [1.807, 2.05) is 0 Å². The highest BCUT2D eigenvalue weighted by Crippen LogP contribution is 2.26. The van der Waals surface area contributed by atoms with E-state index in [9.17, 15) is 4.79 Å². The van der Waals surface area contributed by atoms with Crippen LogP contribution in [0.25, 0.3) is 0 Å². The second-order valence-corrected chi connectivity index (χ2v) is 2.52. The molecule has 0 aliphatic carbocycles. The molecule has 0 bridgehead atoms. The number of rotatable bonds is 3. The minimum Gasteiger partial charge on any atom is -0.495 e. The molecule has 1 aromatic carbocycles. The van der Waals surface area contributed by atoms with Crippen LogP contribution in [-0.4, -0.2) is 13.5 Å². The number of methoxy groups -OCH3 is 1. The fourth-order valence-corrected chi connectivity index (χ4v) is 1.08. The maximum Gasteiger partial charge on any atom is 0.211 e. The van der Waals surface area contributed by atoms with Crippen LogP contribution >= 0.6 is 11.6 Å². The topological polar surface area (TPSA) is 38.3 Å². The Balaban J connectivity index is 2.93. The van der Waals surface area contributed by atoms with Crippen molar-refractivity contribution in [3.05, 3.63) is 23.2 Å². The number of carbonyl (C=O) groups excluding carboxylic acids is 1. The van der Waals surface area contributed by atoms with Crippen LogP contribution in [0.3, 0.4) is 0 Å². The zero-order valence-corrected chi connectivity index (χ0v) is 7.26. The van der Waals surface area contributed by atoms with Crippen molar-refractivity contribution in [3.63, 3.8) is 0 Å². The SMILES string of the molecule is COc1ccc(NC=O)cc1Cl. The summed E-state index contributed by atoms with van der Waals surface area (Å²) < 4.78 is 4.93. The summed E-state index contributed by atoms with van der Waals surface area (Å²) in [6, 6.07) is 5.02. The van der Waals surface area contributed by atoms with Crippen LogP contribution in [0.4, 0.5) is 5.69 Å². The van der Waals surface area contributed by atoms with Crippen molar-refractivity contribution in [2.75, 3.05) is 12.4 Å². The van der Waals surface area contributed by atoms with Crippen LogP contribution in [0.2, 0.25) is 5.02 Å². The van der Waals surface area contributed by atoms with E-state index in [2.05, 4.69) is 5.32 Å². The molecule has 0 heterocycles. The maximum absolute atomic E-state index is 10.1. The number of hydrogen-bond acceptors (Lipinski definition) is 2. The van der Waals surface area contributed by atoms with Gasteiger partial charge in [0.1, 0.15) is 5.75 Å². The molecule has 0 saturated heterocycles. The lowest BCUT2D eigenvalue weighted by Crippen LogP contribution is -1.93. The first kappa shape index (κ1) is 8.87. The Bertz CT molecular complexity index is 288. The highest BCUT2D eigenvalue weighted by molar-refractivity contribution is 6.32. The van der Waals surface area contributed by atoms with Crippen molar-refractivity contribution < 1.29 is 9.53 Å². The molecule has 0 aliphatic rings. The Morgan fingerprint density at radius 2 is 2.33 bits per heavy atom. The van der Waals surface area contributed by atoms with Gasteiger partial charge in [0.2, 0.25) is 6.41 Å². The summed E-state index contributed by atoms with van der Waals surface area (Å²) in [5, 5.41) is 2.96. The third-order valence-corrected chi connectivity index (χ3v) is 1.67. The van der Waals surface area contributed by atoms with Crippen molar-refractivity contribution in [2.24, 2.45) is 0 Å². The minimum absolute atomic E-state index is 0.476. The summed E-state index contributed by atoms with van der Waals surface area (Å²) in [5.41, 5.74) is 0.649. The molecule has 0 saturated carbocycles. The Labute approximate surface area is 75.3 Å². The summed E-state index contributed by atoms with van der Waals surface area (Å²) in [7, 11) is 1.54. The van der Waals surface area contributed by atoms with Crippen molar-refractivity contribution in [2.45, 2.75) is 0 Å². The van der Waals surface area contributed by atoms with Gasteiger partial charge in [-0.15, -0.1) is 0 Å². The zero-order valence-electron chi connectivity index (χ0n) is 6.50. The van der Waals surface area contributed by atoms with Gasteiger partial charge in [-0.25, -0.2) is 0 Å². The number of hydrogen-bond donors (Lipinski definition) is 1. The molecule has 0 spiro atoms. The molecule has 3 nitrogen and oxygen atoms in total. The van der Waals surface area contributed by atoms with Crippen LogP contribution < -0.4 is 10.1 Å². The Kier molecular flexibility index (Phi) is 2.94. The third-order valence-electron chi connectivity index (χ3n) is 1.38. The third kappa shape index (κ3) is 1.89. The Morgan fingerprint density at radius 1 is 1.58 bits per heavy atom. The monoisotopic (exact) mass is 185 g/mol. The summed E-state index contributed by atoms with van der Waals surface area (Å²) in [6.45, 7) is 0. The van der Waals surface area contributed by atoms with Gasteiger partial charge in [-0.3, -0.25) is 4.79 Å². The number of ether oxygens (including phenoxy) is 1. The minimum atomic E-state index is 0.476. The molecule has 12 heavy (non-hydrogen) atoms. The van der Waals surface area contributed by atoms with Gasteiger partial charge in [0, 0.05) is 5.69 Å². The van der Waals surface area contributed by atoms with Crippen LogP contribution in [0.5, 0.6) is 5.75 Å². The molecule has 1 rings (SSSR count). The second kappa shape index (κ2) is 3.97. The molecule has 0 aromatic heterocycles. The molecule has 1 N–H and O–H groups in total. The zero-order chi connectivity index (χ0) is 8.97. The summed E-state index contributed by atoms with van der Waals surface area (Å²) in [5.74, 6) is 0.591. The van der Waals surface area contributed by atoms with Gasteiger partial charge in [-0.1, -0.05) is 11.6 Å². The lowest BCUT2D eigenvalue weighted by molar-refractivity contribution is -0.105. The first-order valence-corrected chi connectivity index (χ1v) is 3.69. The lowest BCUT2D eigenvalue weighted by atomic mass is 10.3. The molecule has 64 valence electrons. The average molecular weight is 186 g/mol. The molecule has 0 radical (unpaired) electrons. The number of carbonyl (C=O) groups is 1. The largest absolute Gasteiger partial charge is 0.495 e. The van der Waals surface area contributed by atoms with Crippen LogP contribution in [0.1, 0.15) is 0 Å². The summed E-state index contributed by atoms with van der Waals surface area (Å²) in [4.78, 5) is 10.1. The van der Waals surface area contributed by atoms with Crippen molar-refractivity contribution in [1.82, 2.24) is 0 Å². The number of benzene rings is 1. The molecular weight excluding hydrogens is 178 g/mol. The van der Waals surface area contributed by atoms with Gasteiger partial charge in [-0.2, -0.15) is 0 Å². The van der Waals surface area contributed by atoms with E-state index in [1.165, 1.54) is 7.11 Å². The van der Waals surface area contributed by atoms with Gasteiger partial charge in [0.05, 0.1) is 12.1 Å². The predicted octanol–water partition coefficient (Wildman–Crippen LogP) is 1.92. The van der Waals surface area contributed by atoms with E-state index in [0.717, 1.165) is 0 Å². The number of amides is 1. The number of anilines is 1. The van der Waals surface area contributed by atoms with Crippen molar-refractivity contribution in [1.29, 1.82) is 0 Å². The molecule has 1 aromatic rings. The smallest absolute Gasteiger partial charge is 0.211 e. The quantitative estimate of drug-likeness (QED) is 0.731. The lowest BCUT2D eigenvalue weighted by Gasteiger charge is -2.04. The van der Waals surface area contributed by atoms with Gasteiger partial charge in [0.15, 0.2) is 0 Å². The molecule has 0 atom stereocenters. The van der Waals surface area contributed by atoms with E-state index in [1.54, 1.807) is 18.2 Å². The fourth-order valence-electron chi connectivity index (χ4n) is 0.824.